The molecule has 5 heteroatoms. The Hall–Kier alpha value is -1.29. The summed E-state index contributed by atoms with van der Waals surface area (Å²) in [7, 11) is 0. The summed E-state index contributed by atoms with van der Waals surface area (Å²) >= 11 is 5.91. The quantitative estimate of drug-likeness (QED) is 0.834. The minimum Gasteiger partial charge on any atom is -0.365 e. The molecule has 0 unspecified atom stereocenters. The lowest BCUT2D eigenvalue weighted by atomic mass is 10.4. The van der Waals surface area contributed by atoms with Crippen LogP contribution in [-0.2, 0) is 6.54 Å². The summed E-state index contributed by atoms with van der Waals surface area (Å²) in [6.45, 7) is 3.02. The molecule has 0 atom stereocenters. The zero-order chi connectivity index (χ0) is 11.1. The van der Waals surface area contributed by atoms with E-state index in [1.165, 1.54) is 12.8 Å². The van der Waals surface area contributed by atoms with Crippen molar-refractivity contribution in [2.45, 2.75) is 32.4 Å². The van der Waals surface area contributed by atoms with E-state index in [0.717, 1.165) is 23.4 Å². The third-order valence-electron chi connectivity index (χ3n) is 2.84. The summed E-state index contributed by atoms with van der Waals surface area (Å²) in [6.07, 6.45) is 4.46. The summed E-state index contributed by atoms with van der Waals surface area (Å²) in [5.74, 6) is 0.865. The maximum absolute atomic E-state index is 5.91. The molecule has 4 nitrogen and oxygen atoms in total. The molecule has 3 rings (SSSR count). The fourth-order valence-electron chi connectivity index (χ4n) is 1.86. The Bertz CT molecular complexity index is 530. The van der Waals surface area contributed by atoms with Crippen LogP contribution in [0.1, 0.15) is 19.8 Å². The average Bonchev–Trinajstić information content (AvgIpc) is 2.96. The number of aromatic nitrogens is 3. The van der Waals surface area contributed by atoms with Crippen molar-refractivity contribution in [2.24, 2.45) is 0 Å². The van der Waals surface area contributed by atoms with Crippen molar-refractivity contribution in [3.05, 3.63) is 17.5 Å². The molecule has 0 saturated heterocycles. The smallest absolute Gasteiger partial charge is 0.225 e. The van der Waals surface area contributed by atoms with Gasteiger partial charge in [-0.3, -0.25) is 0 Å². The zero-order valence-corrected chi connectivity index (χ0v) is 9.83. The lowest BCUT2D eigenvalue weighted by Gasteiger charge is -2.08. The first kappa shape index (κ1) is 9.90. The summed E-state index contributed by atoms with van der Waals surface area (Å²) in [6, 6.07) is 2.54. The van der Waals surface area contributed by atoms with Gasteiger partial charge in [0.05, 0.1) is 5.52 Å². The molecule has 0 amide bonds. The Kier molecular flexibility index (Phi) is 2.24. The van der Waals surface area contributed by atoms with E-state index in [4.69, 9.17) is 11.6 Å². The Morgan fingerprint density at radius 3 is 3.00 bits per heavy atom. The van der Waals surface area contributed by atoms with E-state index in [0.29, 0.717) is 11.3 Å². The molecular weight excluding hydrogens is 224 g/mol. The molecule has 1 fully saturated rings. The van der Waals surface area contributed by atoms with Gasteiger partial charge < -0.3 is 9.88 Å². The van der Waals surface area contributed by atoms with E-state index >= 15 is 0 Å². The monoisotopic (exact) mass is 236 g/mol. The van der Waals surface area contributed by atoms with E-state index < -0.39 is 0 Å². The van der Waals surface area contributed by atoms with Crippen LogP contribution in [0.4, 0.5) is 5.82 Å². The van der Waals surface area contributed by atoms with Gasteiger partial charge in [0.2, 0.25) is 5.28 Å². The standard InChI is InChI=1S/C11H13ClN4/c1-2-16-6-5-8-9(16)10(13-7-3-4-7)15-11(12)14-8/h5-7H,2-4H2,1H3,(H,13,14,15). The Morgan fingerprint density at radius 1 is 1.50 bits per heavy atom. The van der Waals surface area contributed by atoms with Crippen LogP contribution in [0.2, 0.25) is 5.28 Å². The van der Waals surface area contributed by atoms with Gasteiger partial charge in [-0.2, -0.15) is 4.98 Å². The van der Waals surface area contributed by atoms with Crippen LogP contribution in [0.25, 0.3) is 11.0 Å². The number of halogens is 1. The first-order chi connectivity index (χ1) is 7.78. The molecule has 2 heterocycles. The second-order valence-corrected chi connectivity index (χ2v) is 4.43. The molecule has 16 heavy (non-hydrogen) atoms. The minimum absolute atomic E-state index is 0.310. The highest BCUT2D eigenvalue weighted by molar-refractivity contribution is 6.28. The van der Waals surface area contributed by atoms with Gasteiger partial charge >= 0.3 is 0 Å². The van der Waals surface area contributed by atoms with Crippen LogP contribution < -0.4 is 5.32 Å². The predicted octanol–water partition coefficient (Wildman–Crippen LogP) is 2.68. The number of rotatable bonds is 3. The lowest BCUT2D eigenvalue weighted by Crippen LogP contribution is -2.06. The first-order valence-electron chi connectivity index (χ1n) is 5.57. The fourth-order valence-corrected chi connectivity index (χ4v) is 2.04. The van der Waals surface area contributed by atoms with Crippen LogP contribution >= 0.6 is 11.6 Å². The molecule has 1 aliphatic carbocycles. The summed E-state index contributed by atoms with van der Waals surface area (Å²) < 4.78 is 2.14. The SMILES string of the molecule is CCn1ccc2nc(Cl)nc(NC3CC3)c21. The van der Waals surface area contributed by atoms with Gasteiger partial charge in [-0.05, 0) is 37.4 Å². The van der Waals surface area contributed by atoms with Gasteiger partial charge in [0.15, 0.2) is 5.82 Å². The Labute approximate surface area is 98.6 Å². The largest absolute Gasteiger partial charge is 0.365 e. The number of nitrogens with zero attached hydrogens (tertiary/aromatic N) is 3. The number of fused-ring (bicyclic) bond motifs is 1. The number of anilines is 1. The Morgan fingerprint density at radius 2 is 2.31 bits per heavy atom. The summed E-state index contributed by atoms with van der Waals surface area (Å²) in [4.78, 5) is 8.51. The highest BCUT2D eigenvalue weighted by atomic mass is 35.5. The third kappa shape index (κ3) is 1.63. The molecule has 0 bridgehead atoms. The van der Waals surface area contributed by atoms with Crippen molar-refractivity contribution < 1.29 is 0 Å². The highest BCUT2D eigenvalue weighted by Gasteiger charge is 2.23. The molecule has 0 aromatic carbocycles. The van der Waals surface area contributed by atoms with Crippen molar-refractivity contribution in [1.82, 2.24) is 14.5 Å². The average molecular weight is 237 g/mol. The van der Waals surface area contributed by atoms with E-state index in [1.54, 1.807) is 0 Å². The van der Waals surface area contributed by atoms with Crippen molar-refractivity contribution in [3.63, 3.8) is 0 Å². The third-order valence-corrected chi connectivity index (χ3v) is 3.01. The maximum Gasteiger partial charge on any atom is 0.225 e. The lowest BCUT2D eigenvalue weighted by molar-refractivity contribution is 0.795. The normalized spacial score (nSPS) is 15.6. The first-order valence-corrected chi connectivity index (χ1v) is 5.94. The molecule has 2 aromatic rings. The van der Waals surface area contributed by atoms with Gasteiger partial charge in [0.25, 0.3) is 0 Å². The van der Waals surface area contributed by atoms with E-state index in [-0.39, 0.29) is 0 Å². The summed E-state index contributed by atoms with van der Waals surface area (Å²) in [5.41, 5.74) is 1.96. The number of hydrogen-bond acceptors (Lipinski definition) is 3. The van der Waals surface area contributed by atoms with Crippen LogP contribution in [0.15, 0.2) is 12.3 Å². The van der Waals surface area contributed by atoms with Gasteiger partial charge in [0, 0.05) is 18.8 Å². The molecule has 0 radical (unpaired) electrons. The number of nitrogens with one attached hydrogen (secondary N) is 1. The zero-order valence-electron chi connectivity index (χ0n) is 9.07. The number of aryl methyl sites for hydroxylation is 1. The molecule has 1 N–H and O–H groups in total. The van der Waals surface area contributed by atoms with Crippen LogP contribution in [0.5, 0.6) is 0 Å². The molecule has 2 aromatic heterocycles. The van der Waals surface area contributed by atoms with Crippen LogP contribution in [0.3, 0.4) is 0 Å². The van der Waals surface area contributed by atoms with Crippen molar-refractivity contribution >= 4 is 28.5 Å². The van der Waals surface area contributed by atoms with Crippen molar-refractivity contribution in [1.29, 1.82) is 0 Å². The summed E-state index contributed by atoms with van der Waals surface area (Å²) in [5, 5.41) is 3.71. The topological polar surface area (TPSA) is 42.7 Å². The molecule has 0 spiro atoms. The van der Waals surface area contributed by atoms with Gasteiger partial charge in [0.1, 0.15) is 5.52 Å². The van der Waals surface area contributed by atoms with Gasteiger partial charge in [-0.15, -0.1) is 0 Å². The molecule has 0 aliphatic heterocycles. The Balaban J connectivity index is 2.16. The fraction of sp³-hybridized carbons (Fsp3) is 0.455. The van der Waals surface area contributed by atoms with Crippen LogP contribution in [-0.4, -0.2) is 20.6 Å². The highest BCUT2D eigenvalue weighted by Crippen LogP contribution is 2.29. The van der Waals surface area contributed by atoms with Crippen molar-refractivity contribution in [3.8, 4) is 0 Å². The molecule has 1 saturated carbocycles. The second kappa shape index (κ2) is 3.63. The number of hydrogen-bond donors (Lipinski definition) is 1. The predicted molar refractivity (Wildman–Crippen MR) is 64.9 cm³/mol. The maximum atomic E-state index is 5.91. The van der Waals surface area contributed by atoms with E-state index in [9.17, 15) is 0 Å². The van der Waals surface area contributed by atoms with Gasteiger partial charge in [-0.1, -0.05) is 0 Å². The molecule has 84 valence electrons. The van der Waals surface area contributed by atoms with Gasteiger partial charge in [-0.25, -0.2) is 4.98 Å². The van der Waals surface area contributed by atoms with Crippen molar-refractivity contribution in [2.75, 3.05) is 5.32 Å². The van der Waals surface area contributed by atoms with Crippen LogP contribution in [0, 0.1) is 0 Å². The second-order valence-electron chi connectivity index (χ2n) is 4.10. The van der Waals surface area contributed by atoms with E-state index in [1.807, 2.05) is 12.3 Å². The van der Waals surface area contributed by atoms with E-state index in [2.05, 4.69) is 26.8 Å². The minimum atomic E-state index is 0.310. The molecular formula is C11H13ClN4. The molecule has 1 aliphatic rings.